The summed E-state index contributed by atoms with van der Waals surface area (Å²) < 4.78 is 0. The van der Waals surface area contributed by atoms with Gasteiger partial charge in [-0.1, -0.05) is 19.1 Å². The molecule has 2 aliphatic rings. The van der Waals surface area contributed by atoms with Crippen LogP contribution in [0, 0.1) is 23.2 Å². The first-order chi connectivity index (χ1) is 8.67. The highest BCUT2D eigenvalue weighted by molar-refractivity contribution is 5.38. The monoisotopic (exact) mass is 242 g/mol. The molecule has 0 aromatic heterocycles. The van der Waals surface area contributed by atoms with E-state index < -0.39 is 0 Å². The van der Waals surface area contributed by atoms with E-state index in [4.69, 9.17) is 11.0 Å². The molecule has 18 heavy (non-hydrogen) atoms. The zero-order valence-electron chi connectivity index (χ0n) is 11.3. The van der Waals surface area contributed by atoms with Crippen molar-refractivity contribution in [1.82, 2.24) is 0 Å². The van der Waals surface area contributed by atoms with Crippen molar-refractivity contribution in [2.24, 2.45) is 17.6 Å². The number of hydrogen-bond donors (Lipinski definition) is 1. The zero-order valence-corrected chi connectivity index (χ0v) is 11.3. The van der Waals surface area contributed by atoms with Crippen LogP contribution in [-0.4, -0.2) is 6.04 Å². The van der Waals surface area contributed by atoms with Crippen LogP contribution < -0.4 is 5.73 Å². The third kappa shape index (κ3) is 2.73. The fourth-order valence-electron chi connectivity index (χ4n) is 2.67. The van der Waals surface area contributed by atoms with Crippen molar-refractivity contribution in [2.75, 3.05) is 0 Å². The molecule has 0 heterocycles. The Morgan fingerprint density at radius 1 is 1.39 bits per heavy atom. The summed E-state index contributed by atoms with van der Waals surface area (Å²) in [7, 11) is 0. The van der Waals surface area contributed by atoms with Gasteiger partial charge in [-0.2, -0.15) is 5.26 Å². The summed E-state index contributed by atoms with van der Waals surface area (Å²) in [5.74, 6) is 2.73. The molecule has 96 valence electrons. The van der Waals surface area contributed by atoms with Crippen LogP contribution in [0.3, 0.4) is 0 Å². The van der Waals surface area contributed by atoms with Gasteiger partial charge in [0.15, 0.2) is 0 Å². The maximum absolute atomic E-state index is 8.76. The molecule has 1 aromatic rings. The first-order valence-electron chi connectivity index (χ1n) is 6.93. The second-order valence-electron chi connectivity index (χ2n) is 5.55. The summed E-state index contributed by atoms with van der Waals surface area (Å²) in [6.45, 7) is 4.07. The van der Waals surface area contributed by atoms with Gasteiger partial charge in [-0.3, -0.25) is 0 Å². The second kappa shape index (κ2) is 5.54. The maximum Gasteiger partial charge on any atom is 0.0991 e. The Morgan fingerprint density at radius 2 is 2.00 bits per heavy atom. The highest BCUT2D eigenvalue weighted by Gasteiger charge is 2.56. The van der Waals surface area contributed by atoms with Crippen LogP contribution in [0.5, 0.6) is 0 Å². The average molecular weight is 242 g/mol. The predicted molar refractivity (Wildman–Crippen MR) is 74.1 cm³/mol. The van der Waals surface area contributed by atoms with E-state index in [-0.39, 0.29) is 0 Å². The third-order valence-electron chi connectivity index (χ3n) is 4.21. The number of hydrogen-bond acceptors (Lipinski definition) is 2. The van der Waals surface area contributed by atoms with E-state index in [0.717, 1.165) is 29.7 Å². The first kappa shape index (κ1) is 13.1. The van der Waals surface area contributed by atoms with Crippen molar-refractivity contribution >= 4 is 0 Å². The molecule has 0 aliphatic heterocycles. The molecule has 0 radical (unpaired) electrons. The van der Waals surface area contributed by atoms with E-state index in [1.807, 2.05) is 19.1 Å². The molecular formula is C16H22N2. The Kier molecular flexibility index (Phi) is 4.04. The van der Waals surface area contributed by atoms with Crippen LogP contribution in [0.4, 0.5) is 0 Å². The van der Waals surface area contributed by atoms with Gasteiger partial charge in [0.2, 0.25) is 0 Å². The Labute approximate surface area is 110 Å². The van der Waals surface area contributed by atoms with Crippen LogP contribution >= 0.6 is 0 Å². The summed E-state index contributed by atoms with van der Waals surface area (Å²) in [6.07, 6.45) is 3.90. The van der Waals surface area contributed by atoms with Crippen molar-refractivity contribution in [3.05, 3.63) is 35.4 Å². The van der Waals surface area contributed by atoms with E-state index in [9.17, 15) is 0 Å². The topological polar surface area (TPSA) is 49.8 Å². The number of rotatable bonds is 2. The molecule has 2 saturated carbocycles. The highest BCUT2D eigenvalue weighted by Crippen LogP contribution is 2.66. The van der Waals surface area contributed by atoms with E-state index in [1.165, 1.54) is 18.4 Å². The maximum atomic E-state index is 8.76. The summed E-state index contributed by atoms with van der Waals surface area (Å²) in [6, 6.07) is 10.7. The van der Waals surface area contributed by atoms with E-state index >= 15 is 0 Å². The molecule has 2 heteroatoms. The standard InChI is InChI=1S/C12H11N.C4H11N/c13-7-8-2-1-3-9(6-8)12-10-4-5-11(10)12;1-3-4(2)5/h1-3,6,10-12H,4-5H2;4H,3,5H2,1-2H3. The third-order valence-corrected chi connectivity index (χ3v) is 4.21. The Balaban J connectivity index is 0.000000209. The largest absolute Gasteiger partial charge is 0.328 e. The van der Waals surface area contributed by atoms with Gasteiger partial charge in [-0.25, -0.2) is 0 Å². The van der Waals surface area contributed by atoms with E-state index in [2.05, 4.69) is 25.1 Å². The summed E-state index contributed by atoms with van der Waals surface area (Å²) in [4.78, 5) is 0. The van der Waals surface area contributed by atoms with E-state index in [1.54, 1.807) is 0 Å². The quantitative estimate of drug-likeness (QED) is 0.863. The average Bonchev–Trinajstić information content (AvgIpc) is 2.91. The first-order valence-corrected chi connectivity index (χ1v) is 6.93. The lowest BCUT2D eigenvalue weighted by atomic mass is 10.0. The molecule has 3 rings (SSSR count). The molecular weight excluding hydrogens is 220 g/mol. The minimum absolute atomic E-state index is 0.384. The molecule has 1 aromatic carbocycles. The number of benzene rings is 1. The minimum Gasteiger partial charge on any atom is -0.328 e. The van der Waals surface area contributed by atoms with Crippen molar-refractivity contribution in [3.63, 3.8) is 0 Å². The Bertz CT molecular complexity index is 435. The molecule has 0 spiro atoms. The number of nitriles is 1. The van der Waals surface area contributed by atoms with Gasteiger partial charge < -0.3 is 5.73 Å². The van der Waals surface area contributed by atoms with Crippen molar-refractivity contribution in [1.29, 1.82) is 5.26 Å². The van der Waals surface area contributed by atoms with Crippen LogP contribution in [0.25, 0.3) is 0 Å². The predicted octanol–water partition coefficient (Wildman–Crippen LogP) is 3.43. The Morgan fingerprint density at radius 3 is 2.44 bits per heavy atom. The lowest BCUT2D eigenvalue weighted by molar-refractivity contribution is 0.468. The molecule has 2 N–H and O–H groups in total. The zero-order chi connectivity index (χ0) is 13.1. The lowest BCUT2D eigenvalue weighted by Gasteiger charge is -2.04. The van der Waals surface area contributed by atoms with Crippen molar-refractivity contribution < 1.29 is 0 Å². The SMILES string of the molecule is CCC(C)N.N#Cc1cccc(C2C3CCC32)c1. The molecule has 0 bridgehead atoms. The second-order valence-corrected chi connectivity index (χ2v) is 5.55. The molecule has 3 atom stereocenters. The van der Waals surface area contributed by atoms with E-state index in [0.29, 0.717) is 6.04 Å². The summed E-state index contributed by atoms with van der Waals surface area (Å²) in [5.41, 5.74) is 7.50. The number of fused-ring (bicyclic) bond motifs is 1. The van der Waals surface area contributed by atoms with Gasteiger partial charge in [0, 0.05) is 6.04 Å². The van der Waals surface area contributed by atoms with Gasteiger partial charge >= 0.3 is 0 Å². The summed E-state index contributed by atoms with van der Waals surface area (Å²) in [5, 5.41) is 8.76. The molecule has 0 amide bonds. The molecule has 3 unspecified atom stereocenters. The minimum atomic E-state index is 0.384. The van der Waals surface area contributed by atoms with Gasteiger partial charge in [0.25, 0.3) is 0 Å². The molecule has 2 nitrogen and oxygen atoms in total. The van der Waals surface area contributed by atoms with Gasteiger partial charge in [0.05, 0.1) is 11.6 Å². The van der Waals surface area contributed by atoms with Gasteiger partial charge in [-0.15, -0.1) is 0 Å². The highest BCUT2D eigenvalue weighted by atomic mass is 14.6. The normalized spacial score (nSPS) is 28.9. The van der Waals surface area contributed by atoms with Crippen molar-refractivity contribution in [2.45, 2.75) is 45.1 Å². The van der Waals surface area contributed by atoms with Crippen LogP contribution in [0.15, 0.2) is 24.3 Å². The van der Waals surface area contributed by atoms with Gasteiger partial charge in [0.1, 0.15) is 0 Å². The fraction of sp³-hybridized carbons (Fsp3) is 0.562. The van der Waals surface area contributed by atoms with Crippen LogP contribution in [0.2, 0.25) is 0 Å². The van der Waals surface area contributed by atoms with Crippen molar-refractivity contribution in [3.8, 4) is 6.07 Å². The molecule has 0 saturated heterocycles. The lowest BCUT2D eigenvalue weighted by Crippen LogP contribution is -2.11. The number of nitrogens with two attached hydrogens (primary N) is 1. The van der Waals surface area contributed by atoms with Gasteiger partial charge in [-0.05, 0) is 61.6 Å². The molecule has 2 aliphatic carbocycles. The van der Waals surface area contributed by atoms with Crippen LogP contribution in [0.1, 0.15) is 50.2 Å². The molecule has 2 fully saturated rings. The van der Waals surface area contributed by atoms with Crippen LogP contribution in [-0.2, 0) is 0 Å². The Hall–Kier alpha value is -1.33. The summed E-state index contributed by atoms with van der Waals surface area (Å²) >= 11 is 0. The fourth-order valence-corrected chi connectivity index (χ4v) is 2.67. The smallest absolute Gasteiger partial charge is 0.0991 e. The number of nitrogens with zero attached hydrogens (tertiary/aromatic N) is 1.